The zero-order chi connectivity index (χ0) is 14.5. The Hall–Kier alpha value is -1.90. The van der Waals surface area contributed by atoms with E-state index >= 15 is 0 Å². The van der Waals surface area contributed by atoms with E-state index in [2.05, 4.69) is 30.3 Å². The van der Waals surface area contributed by atoms with Crippen LogP contribution in [0.25, 0.3) is 6.08 Å². The lowest BCUT2D eigenvalue weighted by Crippen LogP contribution is -2.30. The molecular formula is C19H20O2. The molecule has 2 heteroatoms. The minimum atomic E-state index is -0.311. The minimum absolute atomic E-state index is 0.0274. The van der Waals surface area contributed by atoms with E-state index in [1.807, 2.05) is 42.5 Å². The van der Waals surface area contributed by atoms with Crippen LogP contribution >= 0.6 is 0 Å². The molecule has 1 aliphatic rings. The molecule has 2 nitrogen and oxygen atoms in total. The normalized spacial score (nSPS) is 26.0. The zero-order valence-corrected chi connectivity index (χ0v) is 11.9. The Bertz CT molecular complexity index is 577. The van der Waals surface area contributed by atoms with Gasteiger partial charge in [-0.15, -0.1) is 0 Å². The van der Waals surface area contributed by atoms with E-state index < -0.39 is 0 Å². The molecule has 0 radical (unpaired) electrons. The van der Waals surface area contributed by atoms with Crippen LogP contribution in [-0.4, -0.2) is 17.3 Å². The van der Waals surface area contributed by atoms with Gasteiger partial charge in [0.05, 0.1) is 18.3 Å². The molecule has 0 amide bonds. The molecule has 0 aliphatic carbocycles. The van der Waals surface area contributed by atoms with Crippen molar-refractivity contribution in [3.8, 4) is 0 Å². The van der Waals surface area contributed by atoms with Gasteiger partial charge in [0.25, 0.3) is 0 Å². The lowest BCUT2D eigenvalue weighted by Gasteiger charge is -2.32. The van der Waals surface area contributed by atoms with Gasteiger partial charge < -0.3 is 9.84 Å². The first-order chi connectivity index (χ1) is 10.3. The molecule has 3 rings (SSSR count). The minimum Gasteiger partial charge on any atom is -0.393 e. The van der Waals surface area contributed by atoms with Gasteiger partial charge in [0.2, 0.25) is 0 Å². The molecule has 1 aliphatic heterocycles. The van der Waals surface area contributed by atoms with Gasteiger partial charge in [0.1, 0.15) is 0 Å². The summed E-state index contributed by atoms with van der Waals surface area (Å²) in [5.74, 6) is 0. The maximum Gasteiger partial charge on any atom is 0.0857 e. The van der Waals surface area contributed by atoms with E-state index in [0.717, 1.165) is 11.1 Å². The fraction of sp³-hybridized carbons (Fsp3) is 0.263. The van der Waals surface area contributed by atoms with Gasteiger partial charge >= 0.3 is 0 Å². The van der Waals surface area contributed by atoms with E-state index in [1.165, 1.54) is 0 Å². The van der Waals surface area contributed by atoms with Crippen LogP contribution in [-0.2, 0) is 4.74 Å². The summed E-state index contributed by atoms with van der Waals surface area (Å²) >= 11 is 0. The molecule has 1 N–H and O–H groups in total. The average molecular weight is 280 g/mol. The Morgan fingerprint density at radius 2 is 1.57 bits per heavy atom. The number of aliphatic hydroxyl groups is 1. The first kappa shape index (κ1) is 14.1. The van der Waals surface area contributed by atoms with Crippen LogP contribution in [0.4, 0.5) is 0 Å². The number of rotatable bonds is 3. The van der Waals surface area contributed by atoms with Crippen molar-refractivity contribution in [1.29, 1.82) is 0 Å². The molecule has 2 aromatic rings. The van der Waals surface area contributed by atoms with Crippen LogP contribution in [0.3, 0.4) is 0 Å². The van der Waals surface area contributed by atoms with Gasteiger partial charge in [-0.3, -0.25) is 0 Å². The maximum absolute atomic E-state index is 10.1. The first-order valence-electron chi connectivity index (χ1n) is 7.43. The summed E-state index contributed by atoms with van der Waals surface area (Å²) in [7, 11) is 0. The molecule has 0 saturated carbocycles. The number of ether oxygens (including phenoxy) is 1. The second kappa shape index (κ2) is 6.70. The zero-order valence-electron chi connectivity index (χ0n) is 11.9. The van der Waals surface area contributed by atoms with Crippen molar-refractivity contribution in [2.75, 3.05) is 0 Å². The first-order valence-corrected chi connectivity index (χ1v) is 7.43. The summed E-state index contributed by atoms with van der Waals surface area (Å²) in [5, 5.41) is 10.1. The molecule has 2 aromatic carbocycles. The van der Waals surface area contributed by atoms with E-state index in [0.29, 0.717) is 12.8 Å². The summed E-state index contributed by atoms with van der Waals surface area (Å²) in [6.07, 6.45) is 5.05. The summed E-state index contributed by atoms with van der Waals surface area (Å²) < 4.78 is 6.12. The lowest BCUT2D eigenvalue weighted by molar-refractivity contribution is -0.0774. The van der Waals surface area contributed by atoms with E-state index in [4.69, 9.17) is 4.74 Å². The molecule has 1 fully saturated rings. The van der Waals surface area contributed by atoms with Crippen molar-refractivity contribution in [2.45, 2.75) is 31.2 Å². The summed E-state index contributed by atoms with van der Waals surface area (Å²) in [5.41, 5.74) is 2.28. The third-order valence-electron chi connectivity index (χ3n) is 3.80. The highest BCUT2D eigenvalue weighted by atomic mass is 16.5. The third kappa shape index (κ3) is 3.81. The number of hydrogen-bond acceptors (Lipinski definition) is 2. The summed E-state index contributed by atoms with van der Waals surface area (Å²) in [6, 6.07) is 20.3. The largest absolute Gasteiger partial charge is 0.393 e. The molecule has 1 heterocycles. The molecule has 108 valence electrons. The molecule has 0 bridgehead atoms. The van der Waals surface area contributed by atoms with Crippen LogP contribution in [0.2, 0.25) is 0 Å². The fourth-order valence-corrected chi connectivity index (χ4v) is 2.72. The average Bonchev–Trinajstić information content (AvgIpc) is 2.54. The second-order valence-corrected chi connectivity index (χ2v) is 5.47. The predicted octanol–water partition coefficient (Wildman–Crippen LogP) is 3.98. The quantitative estimate of drug-likeness (QED) is 0.921. The lowest BCUT2D eigenvalue weighted by atomic mass is 9.95. The van der Waals surface area contributed by atoms with Crippen LogP contribution in [0.1, 0.15) is 30.1 Å². The van der Waals surface area contributed by atoms with E-state index in [9.17, 15) is 5.11 Å². The van der Waals surface area contributed by atoms with Crippen molar-refractivity contribution in [2.24, 2.45) is 0 Å². The highest BCUT2D eigenvalue weighted by molar-refractivity contribution is 5.49. The van der Waals surface area contributed by atoms with Gasteiger partial charge in [-0.1, -0.05) is 72.8 Å². The highest BCUT2D eigenvalue weighted by Gasteiger charge is 2.27. The monoisotopic (exact) mass is 280 g/mol. The molecule has 0 aromatic heterocycles. The van der Waals surface area contributed by atoms with Crippen molar-refractivity contribution in [3.05, 3.63) is 77.9 Å². The molecule has 0 unspecified atom stereocenters. The second-order valence-electron chi connectivity index (χ2n) is 5.47. The van der Waals surface area contributed by atoms with Crippen LogP contribution < -0.4 is 0 Å². The molecule has 3 atom stereocenters. The van der Waals surface area contributed by atoms with Gasteiger partial charge in [-0.25, -0.2) is 0 Å². The van der Waals surface area contributed by atoms with Crippen molar-refractivity contribution >= 4 is 6.08 Å². The van der Waals surface area contributed by atoms with Crippen molar-refractivity contribution < 1.29 is 9.84 Å². The van der Waals surface area contributed by atoms with Crippen LogP contribution in [0, 0.1) is 0 Å². The molecule has 1 saturated heterocycles. The number of hydrogen-bond donors (Lipinski definition) is 1. The van der Waals surface area contributed by atoms with E-state index in [1.54, 1.807) is 0 Å². The van der Waals surface area contributed by atoms with Gasteiger partial charge in [0.15, 0.2) is 0 Å². The van der Waals surface area contributed by atoms with Crippen molar-refractivity contribution in [1.82, 2.24) is 0 Å². The number of benzene rings is 2. The Balaban J connectivity index is 1.70. The van der Waals surface area contributed by atoms with Crippen molar-refractivity contribution in [3.63, 3.8) is 0 Å². The van der Waals surface area contributed by atoms with Crippen LogP contribution in [0.5, 0.6) is 0 Å². The SMILES string of the molecule is O[C@H]1C[C@@H](/C=C/c2ccccc2)O[C@@H](c2ccccc2)C1. The Labute approximate surface area is 125 Å². The summed E-state index contributed by atoms with van der Waals surface area (Å²) in [6.45, 7) is 0. The van der Waals surface area contributed by atoms with E-state index in [-0.39, 0.29) is 18.3 Å². The third-order valence-corrected chi connectivity index (χ3v) is 3.80. The Kier molecular flexibility index (Phi) is 4.49. The van der Waals surface area contributed by atoms with Gasteiger partial charge in [-0.2, -0.15) is 0 Å². The Morgan fingerprint density at radius 1 is 0.905 bits per heavy atom. The maximum atomic E-state index is 10.1. The molecule has 0 spiro atoms. The van der Waals surface area contributed by atoms with Gasteiger partial charge in [0, 0.05) is 12.8 Å². The summed E-state index contributed by atoms with van der Waals surface area (Å²) in [4.78, 5) is 0. The fourth-order valence-electron chi connectivity index (χ4n) is 2.72. The standard InChI is InChI=1S/C19H20O2/c20-17-13-18(12-11-15-7-3-1-4-8-15)21-19(14-17)16-9-5-2-6-10-16/h1-12,17-20H,13-14H2/b12-11+/t17-,18+,19+/m0/s1. The molecule has 21 heavy (non-hydrogen) atoms. The number of aliphatic hydroxyl groups excluding tert-OH is 1. The van der Waals surface area contributed by atoms with Gasteiger partial charge in [-0.05, 0) is 11.1 Å². The predicted molar refractivity (Wildman–Crippen MR) is 84.8 cm³/mol. The molecular weight excluding hydrogens is 260 g/mol. The highest BCUT2D eigenvalue weighted by Crippen LogP contribution is 2.32. The van der Waals surface area contributed by atoms with Crippen LogP contribution in [0.15, 0.2) is 66.7 Å². The topological polar surface area (TPSA) is 29.5 Å². The smallest absolute Gasteiger partial charge is 0.0857 e. The Morgan fingerprint density at radius 3 is 2.29 bits per heavy atom.